The molecule has 8 heteroatoms. The van der Waals surface area contributed by atoms with Crippen LogP contribution in [0.1, 0.15) is 38.3 Å². The molecule has 4 nitrogen and oxygen atoms in total. The van der Waals surface area contributed by atoms with Gasteiger partial charge in [-0.15, -0.1) is 11.8 Å². The van der Waals surface area contributed by atoms with E-state index in [-0.39, 0.29) is 36.0 Å². The van der Waals surface area contributed by atoms with Crippen molar-refractivity contribution in [3.05, 3.63) is 69.5 Å². The van der Waals surface area contributed by atoms with Crippen molar-refractivity contribution in [3.8, 4) is 0 Å². The maximum absolute atomic E-state index is 13.1. The van der Waals surface area contributed by atoms with Crippen molar-refractivity contribution in [1.82, 2.24) is 10.2 Å². The monoisotopic (exact) mass is 484 g/mol. The second-order valence-electron chi connectivity index (χ2n) is 7.38. The van der Waals surface area contributed by atoms with Crippen LogP contribution in [0.15, 0.2) is 42.5 Å². The highest BCUT2D eigenvalue weighted by Crippen LogP contribution is 2.24. The first-order chi connectivity index (χ1) is 14.7. The van der Waals surface area contributed by atoms with Gasteiger partial charge in [0.25, 0.3) is 0 Å². The summed E-state index contributed by atoms with van der Waals surface area (Å²) in [5.41, 5.74) is 1.72. The largest absolute Gasteiger partial charge is 0.352 e. The summed E-state index contributed by atoms with van der Waals surface area (Å²) in [7, 11) is 0. The van der Waals surface area contributed by atoms with E-state index in [1.807, 2.05) is 13.8 Å². The summed E-state index contributed by atoms with van der Waals surface area (Å²) in [6.45, 7) is 5.87. The van der Waals surface area contributed by atoms with Gasteiger partial charge >= 0.3 is 0 Å². The van der Waals surface area contributed by atoms with Gasteiger partial charge in [0.15, 0.2) is 0 Å². The molecule has 0 aliphatic rings. The van der Waals surface area contributed by atoms with Crippen LogP contribution < -0.4 is 5.32 Å². The van der Waals surface area contributed by atoms with Crippen molar-refractivity contribution in [1.29, 1.82) is 0 Å². The molecule has 2 aromatic rings. The highest BCUT2D eigenvalue weighted by Gasteiger charge is 2.26. The molecular formula is C23H27Cl2FN2O2S. The van der Waals surface area contributed by atoms with Crippen LogP contribution in [-0.2, 0) is 21.9 Å². The number of benzene rings is 2. The molecule has 0 radical (unpaired) electrons. The molecule has 2 amide bonds. The van der Waals surface area contributed by atoms with Crippen molar-refractivity contribution < 1.29 is 14.0 Å². The van der Waals surface area contributed by atoms with Crippen molar-refractivity contribution in [2.45, 2.75) is 51.6 Å². The molecular weight excluding hydrogens is 458 g/mol. The number of halogens is 3. The van der Waals surface area contributed by atoms with Gasteiger partial charge in [0, 0.05) is 18.3 Å². The van der Waals surface area contributed by atoms with Crippen molar-refractivity contribution in [3.63, 3.8) is 0 Å². The molecule has 2 atom stereocenters. The molecule has 0 heterocycles. The minimum absolute atomic E-state index is 0.0183. The third kappa shape index (κ3) is 8.02. The van der Waals surface area contributed by atoms with Crippen LogP contribution >= 0.6 is 35.0 Å². The van der Waals surface area contributed by atoms with E-state index < -0.39 is 6.04 Å². The van der Waals surface area contributed by atoms with E-state index in [0.29, 0.717) is 15.8 Å². The lowest BCUT2D eigenvalue weighted by molar-refractivity contribution is -0.138. The van der Waals surface area contributed by atoms with Crippen molar-refractivity contribution in [2.75, 3.05) is 5.75 Å². The van der Waals surface area contributed by atoms with Crippen LogP contribution in [0.2, 0.25) is 10.0 Å². The van der Waals surface area contributed by atoms with Crippen LogP contribution in [0.25, 0.3) is 0 Å². The second-order valence-corrected chi connectivity index (χ2v) is 9.18. The Morgan fingerprint density at radius 2 is 1.71 bits per heavy atom. The fourth-order valence-corrected chi connectivity index (χ4v) is 3.99. The average molecular weight is 485 g/mol. The van der Waals surface area contributed by atoms with Crippen LogP contribution in [0, 0.1) is 5.82 Å². The Kier molecular flexibility index (Phi) is 10.1. The van der Waals surface area contributed by atoms with Gasteiger partial charge in [-0.05, 0) is 55.7 Å². The lowest BCUT2D eigenvalue weighted by Crippen LogP contribution is -2.50. The van der Waals surface area contributed by atoms with E-state index in [9.17, 15) is 14.0 Å². The summed E-state index contributed by atoms with van der Waals surface area (Å²) in [6.07, 6.45) is 0.798. The first kappa shape index (κ1) is 25.5. The first-order valence-corrected chi connectivity index (χ1v) is 12.0. The van der Waals surface area contributed by atoms with E-state index in [1.165, 1.54) is 23.9 Å². The molecule has 2 aromatic carbocycles. The van der Waals surface area contributed by atoms with Crippen LogP contribution in [0.3, 0.4) is 0 Å². The molecule has 0 bridgehead atoms. The molecule has 1 N–H and O–H groups in total. The van der Waals surface area contributed by atoms with Gasteiger partial charge < -0.3 is 10.2 Å². The number of rotatable bonds is 10. The molecule has 0 fully saturated rings. The third-order valence-electron chi connectivity index (χ3n) is 4.91. The maximum atomic E-state index is 13.1. The Labute approximate surface area is 197 Å². The van der Waals surface area contributed by atoms with Crippen molar-refractivity contribution >= 4 is 46.8 Å². The summed E-state index contributed by atoms with van der Waals surface area (Å²) >= 11 is 13.5. The SMILES string of the molecule is CC[C@@H](C)NC(=O)[C@@H](C)N(Cc1ccc(Cl)c(Cl)c1)C(=O)CSCc1ccc(F)cc1. The van der Waals surface area contributed by atoms with Gasteiger partial charge in [0.05, 0.1) is 15.8 Å². The minimum atomic E-state index is -0.651. The van der Waals surface area contributed by atoms with Crippen LogP contribution in [0.4, 0.5) is 4.39 Å². The fraction of sp³-hybridized carbons (Fsp3) is 0.391. The quantitative estimate of drug-likeness (QED) is 0.470. The summed E-state index contributed by atoms with van der Waals surface area (Å²) in [5.74, 6) is 0.106. The molecule has 2 rings (SSSR count). The van der Waals surface area contributed by atoms with Gasteiger partial charge in [0.1, 0.15) is 11.9 Å². The van der Waals surface area contributed by atoms with Crippen LogP contribution in [-0.4, -0.2) is 34.6 Å². The molecule has 0 aromatic heterocycles. The summed E-state index contributed by atoms with van der Waals surface area (Å²) in [5, 5.41) is 3.76. The molecule has 0 unspecified atom stereocenters. The van der Waals surface area contributed by atoms with Crippen molar-refractivity contribution in [2.24, 2.45) is 0 Å². The number of carbonyl (C=O) groups excluding carboxylic acids is 2. The number of amides is 2. The Balaban J connectivity index is 2.10. The molecule has 0 saturated carbocycles. The van der Waals surface area contributed by atoms with E-state index in [4.69, 9.17) is 23.2 Å². The minimum Gasteiger partial charge on any atom is -0.352 e. The lowest BCUT2D eigenvalue weighted by atomic mass is 10.1. The van der Waals surface area contributed by atoms with Gasteiger partial charge in [-0.1, -0.05) is 48.3 Å². The standard InChI is InChI=1S/C23H27Cl2FN2O2S/c1-4-15(2)27-23(30)16(3)28(12-18-7-10-20(24)21(25)11-18)22(29)14-31-13-17-5-8-19(26)9-6-17/h5-11,15-16H,4,12-14H2,1-3H3,(H,27,30)/t15-,16-/m1/s1. The Morgan fingerprint density at radius 1 is 1.06 bits per heavy atom. The number of nitrogens with zero attached hydrogens (tertiary/aromatic N) is 1. The Morgan fingerprint density at radius 3 is 2.32 bits per heavy atom. The predicted octanol–water partition coefficient (Wildman–Crippen LogP) is 5.70. The molecule has 168 valence electrons. The van der Waals surface area contributed by atoms with E-state index in [0.717, 1.165) is 17.5 Å². The number of nitrogens with one attached hydrogen (secondary N) is 1. The highest BCUT2D eigenvalue weighted by molar-refractivity contribution is 7.99. The molecule has 0 saturated heterocycles. The second kappa shape index (κ2) is 12.3. The van der Waals surface area contributed by atoms with Gasteiger partial charge in [0.2, 0.25) is 11.8 Å². The van der Waals surface area contributed by atoms with Crippen LogP contribution in [0.5, 0.6) is 0 Å². The number of carbonyl (C=O) groups is 2. The smallest absolute Gasteiger partial charge is 0.242 e. The van der Waals surface area contributed by atoms with E-state index in [1.54, 1.807) is 42.2 Å². The zero-order chi connectivity index (χ0) is 23.0. The zero-order valence-corrected chi connectivity index (χ0v) is 20.2. The Bertz CT molecular complexity index is 896. The zero-order valence-electron chi connectivity index (χ0n) is 17.8. The summed E-state index contributed by atoms with van der Waals surface area (Å²) in [6, 6.07) is 10.7. The average Bonchev–Trinajstić information content (AvgIpc) is 2.75. The number of hydrogen-bond acceptors (Lipinski definition) is 3. The van der Waals surface area contributed by atoms with E-state index in [2.05, 4.69) is 5.32 Å². The molecule has 0 spiro atoms. The topological polar surface area (TPSA) is 49.4 Å². The van der Waals surface area contributed by atoms with Gasteiger partial charge in [-0.2, -0.15) is 0 Å². The normalized spacial score (nSPS) is 12.8. The lowest BCUT2D eigenvalue weighted by Gasteiger charge is -2.29. The highest BCUT2D eigenvalue weighted by atomic mass is 35.5. The Hall–Kier alpha value is -1.76. The summed E-state index contributed by atoms with van der Waals surface area (Å²) < 4.78 is 13.1. The van der Waals surface area contributed by atoms with E-state index >= 15 is 0 Å². The molecule has 31 heavy (non-hydrogen) atoms. The predicted molar refractivity (Wildman–Crippen MR) is 127 cm³/mol. The number of thioether (sulfide) groups is 1. The third-order valence-corrected chi connectivity index (χ3v) is 6.64. The fourth-order valence-electron chi connectivity index (χ4n) is 2.80. The first-order valence-electron chi connectivity index (χ1n) is 10.1. The van der Waals surface area contributed by atoms with Gasteiger partial charge in [-0.25, -0.2) is 4.39 Å². The number of hydrogen-bond donors (Lipinski definition) is 1. The van der Waals surface area contributed by atoms with Gasteiger partial charge in [-0.3, -0.25) is 9.59 Å². The molecule has 0 aliphatic carbocycles. The summed E-state index contributed by atoms with van der Waals surface area (Å²) in [4.78, 5) is 27.3. The maximum Gasteiger partial charge on any atom is 0.242 e. The molecule has 0 aliphatic heterocycles.